The molecule has 106 valence electrons. The maximum Gasteiger partial charge on any atom is 0.401 e. The second kappa shape index (κ2) is 7.12. The molecule has 0 aliphatic heterocycles. The molecular weight excluding hydrogens is 243 g/mol. The van der Waals surface area contributed by atoms with Gasteiger partial charge in [0.2, 0.25) is 0 Å². The molecule has 0 amide bonds. The largest absolute Gasteiger partial charge is 0.401 e. The first-order chi connectivity index (χ1) is 8.42. The molecule has 1 aliphatic carbocycles. The van der Waals surface area contributed by atoms with Crippen molar-refractivity contribution in [1.29, 1.82) is 0 Å². The molecule has 18 heavy (non-hydrogen) atoms. The molecule has 0 spiro atoms. The standard InChI is InChI=1S/C13H22F3NO/c1-2-8-17(10-13(14,15)16)9-11-6-4-3-5-7-12(11)18/h11H,2-10H2,1H3. The molecule has 1 saturated carbocycles. The van der Waals surface area contributed by atoms with E-state index in [-0.39, 0.29) is 18.2 Å². The fraction of sp³-hybridized carbons (Fsp3) is 0.923. The van der Waals surface area contributed by atoms with Crippen LogP contribution in [0.5, 0.6) is 0 Å². The van der Waals surface area contributed by atoms with Gasteiger partial charge in [-0.05, 0) is 25.8 Å². The molecule has 1 atom stereocenters. The van der Waals surface area contributed by atoms with E-state index in [1.165, 1.54) is 4.90 Å². The Morgan fingerprint density at radius 1 is 1.28 bits per heavy atom. The Morgan fingerprint density at radius 3 is 2.61 bits per heavy atom. The van der Waals surface area contributed by atoms with Crippen molar-refractivity contribution in [2.45, 2.75) is 51.6 Å². The Hall–Kier alpha value is -0.580. The zero-order chi connectivity index (χ0) is 13.6. The number of rotatable bonds is 5. The Morgan fingerprint density at radius 2 is 2.00 bits per heavy atom. The van der Waals surface area contributed by atoms with Crippen LogP contribution in [0.4, 0.5) is 13.2 Å². The lowest BCUT2D eigenvalue weighted by atomic mass is 9.98. The van der Waals surface area contributed by atoms with Crippen LogP contribution >= 0.6 is 0 Å². The van der Waals surface area contributed by atoms with Crippen molar-refractivity contribution in [1.82, 2.24) is 4.90 Å². The van der Waals surface area contributed by atoms with Crippen LogP contribution in [-0.2, 0) is 4.79 Å². The number of alkyl halides is 3. The van der Waals surface area contributed by atoms with Crippen molar-refractivity contribution in [2.75, 3.05) is 19.6 Å². The van der Waals surface area contributed by atoms with E-state index < -0.39 is 12.7 Å². The molecule has 0 aromatic heterocycles. The van der Waals surface area contributed by atoms with E-state index in [0.29, 0.717) is 19.4 Å². The quantitative estimate of drug-likeness (QED) is 0.710. The van der Waals surface area contributed by atoms with Gasteiger partial charge in [0.1, 0.15) is 5.78 Å². The van der Waals surface area contributed by atoms with Crippen molar-refractivity contribution < 1.29 is 18.0 Å². The predicted octanol–water partition coefficient (Wildman–Crippen LogP) is 3.41. The molecule has 5 heteroatoms. The first-order valence-electron chi connectivity index (χ1n) is 6.74. The van der Waals surface area contributed by atoms with E-state index >= 15 is 0 Å². The van der Waals surface area contributed by atoms with Gasteiger partial charge in [-0.25, -0.2) is 0 Å². The molecule has 1 aliphatic rings. The minimum absolute atomic E-state index is 0.149. The summed E-state index contributed by atoms with van der Waals surface area (Å²) in [7, 11) is 0. The first-order valence-corrected chi connectivity index (χ1v) is 6.74. The molecule has 0 heterocycles. The molecule has 0 aromatic rings. The number of halogens is 3. The lowest BCUT2D eigenvalue weighted by Crippen LogP contribution is -2.39. The number of hydrogen-bond donors (Lipinski definition) is 0. The van der Waals surface area contributed by atoms with Crippen molar-refractivity contribution in [2.24, 2.45) is 5.92 Å². The Labute approximate surface area is 107 Å². The van der Waals surface area contributed by atoms with Gasteiger partial charge in [0, 0.05) is 18.9 Å². The van der Waals surface area contributed by atoms with Crippen LogP contribution in [0.15, 0.2) is 0 Å². The number of Topliss-reactive ketones (excluding diaryl/α,β-unsaturated/α-hetero) is 1. The van der Waals surface area contributed by atoms with Crippen LogP contribution in [0.1, 0.15) is 45.4 Å². The Bertz CT molecular complexity index is 265. The lowest BCUT2D eigenvalue weighted by Gasteiger charge is -2.26. The highest BCUT2D eigenvalue weighted by Gasteiger charge is 2.32. The maximum absolute atomic E-state index is 12.4. The summed E-state index contributed by atoms with van der Waals surface area (Å²) in [4.78, 5) is 13.2. The summed E-state index contributed by atoms with van der Waals surface area (Å²) >= 11 is 0. The SMILES string of the molecule is CCCN(CC1CCCCCC1=O)CC(F)(F)F. The zero-order valence-electron chi connectivity index (χ0n) is 10.9. The molecule has 1 fully saturated rings. The highest BCUT2D eigenvalue weighted by molar-refractivity contribution is 5.81. The van der Waals surface area contributed by atoms with Gasteiger partial charge < -0.3 is 0 Å². The van der Waals surface area contributed by atoms with Crippen LogP contribution in [0.3, 0.4) is 0 Å². The molecular formula is C13H22F3NO. The summed E-state index contributed by atoms with van der Waals surface area (Å²) < 4.78 is 37.3. The van der Waals surface area contributed by atoms with Gasteiger partial charge in [-0.15, -0.1) is 0 Å². The average molecular weight is 265 g/mol. The van der Waals surface area contributed by atoms with Gasteiger partial charge >= 0.3 is 6.18 Å². The predicted molar refractivity (Wildman–Crippen MR) is 64.4 cm³/mol. The van der Waals surface area contributed by atoms with E-state index in [1.54, 1.807) is 0 Å². The van der Waals surface area contributed by atoms with Gasteiger partial charge in [0.15, 0.2) is 0 Å². The van der Waals surface area contributed by atoms with Gasteiger partial charge in [-0.1, -0.05) is 19.8 Å². The highest BCUT2D eigenvalue weighted by Crippen LogP contribution is 2.23. The summed E-state index contributed by atoms with van der Waals surface area (Å²) in [6.07, 6.45) is 0.660. The maximum atomic E-state index is 12.4. The van der Waals surface area contributed by atoms with Crippen LogP contribution < -0.4 is 0 Å². The summed E-state index contributed by atoms with van der Waals surface area (Å²) in [5.74, 6) is -0.0443. The van der Waals surface area contributed by atoms with Crippen LogP contribution in [0.2, 0.25) is 0 Å². The van der Waals surface area contributed by atoms with Crippen molar-refractivity contribution in [3.63, 3.8) is 0 Å². The van der Waals surface area contributed by atoms with Crippen molar-refractivity contribution >= 4 is 5.78 Å². The number of carbonyl (C=O) groups is 1. The topological polar surface area (TPSA) is 20.3 Å². The smallest absolute Gasteiger partial charge is 0.299 e. The number of carbonyl (C=O) groups excluding carboxylic acids is 1. The fourth-order valence-corrected chi connectivity index (χ4v) is 2.54. The van der Waals surface area contributed by atoms with Gasteiger partial charge in [-0.3, -0.25) is 9.69 Å². The molecule has 0 N–H and O–H groups in total. The highest BCUT2D eigenvalue weighted by atomic mass is 19.4. The molecule has 1 unspecified atom stereocenters. The lowest BCUT2D eigenvalue weighted by molar-refractivity contribution is -0.149. The second-order valence-electron chi connectivity index (χ2n) is 5.11. The van der Waals surface area contributed by atoms with Gasteiger partial charge in [-0.2, -0.15) is 13.2 Å². The van der Waals surface area contributed by atoms with Gasteiger partial charge in [0.25, 0.3) is 0 Å². The average Bonchev–Trinajstić information content (AvgIpc) is 2.42. The minimum atomic E-state index is -4.18. The Kier molecular flexibility index (Phi) is 6.12. The normalized spacial score (nSPS) is 22.3. The molecule has 1 rings (SSSR count). The van der Waals surface area contributed by atoms with E-state index in [1.807, 2.05) is 6.92 Å². The third-order valence-electron chi connectivity index (χ3n) is 3.35. The molecule has 0 radical (unpaired) electrons. The van der Waals surface area contributed by atoms with Crippen LogP contribution in [0, 0.1) is 5.92 Å². The summed E-state index contributed by atoms with van der Waals surface area (Å²) in [6.45, 7) is 1.64. The number of nitrogens with zero attached hydrogens (tertiary/aromatic N) is 1. The minimum Gasteiger partial charge on any atom is -0.299 e. The van der Waals surface area contributed by atoms with Gasteiger partial charge in [0.05, 0.1) is 6.54 Å². The monoisotopic (exact) mass is 265 g/mol. The van der Waals surface area contributed by atoms with Crippen LogP contribution in [-0.4, -0.2) is 36.5 Å². The second-order valence-corrected chi connectivity index (χ2v) is 5.11. The van der Waals surface area contributed by atoms with Crippen molar-refractivity contribution in [3.05, 3.63) is 0 Å². The number of ketones is 1. The molecule has 2 nitrogen and oxygen atoms in total. The Balaban J connectivity index is 2.55. The van der Waals surface area contributed by atoms with E-state index in [0.717, 1.165) is 25.7 Å². The van der Waals surface area contributed by atoms with Crippen LogP contribution in [0.25, 0.3) is 0 Å². The third-order valence-corrected chi connectivity index (χ3v) is 3.35. The fourth-order valence-electron chi connectivity index (χ4n) is 2.54. The van der Waals surface area contributed by atoms with E-state index in [4.69, 9.17) is 0 Å². The van der Waals surface area contributed by atoms with E-state index in [2.05, 4.69) is 0 Å². The third kappa shape index (κ3) is 5.85. The zero-order valence-corrected chi connectivity index (χ0v) is 10.9. The molecule has 0 aromatic carbocycles. The van der Waals surface area contributed by atoms with Crippen molar-refractivity contribution in [3.8, 4) is 0 Å². The number of hydrogen-bond acceptors (Lipinski definition) is 2. The summed E-state index contributed by atoms with van der Waals surface area (Å²) in [5.41, 5.74) is 0. The van der Waals surface area contributed by atoms with E-state index in [9.17, 15) is 18.0 Å². The molecule has 0 saturated heterocycles. The molecule has 0 bridgehead atoms. The summed E-state index contributed by atoms with van der Waals surface area (Å²) in [5, 5.41) is 0. The summed E-state index contributed by atoms with van der Waals surface area (Å²) in [6, 6.07) is 0. The first kappa shape index (κ1) is 15.5.